The van der Waals surface area contributed by atoms with Crippen molar-refractivity contribution in [2.24, 2.45) is 5.10 Å². The fourth-order valence-electron chi connectivity index (χ4n) is 3.38. The molecule has 2 heterocycles. The van der Waals surface area contributed by atoms with Crippen LogP contribution in [0.15, 0.2) is 76.3 Å². The average Bonchev–Trinajstić information content (AvgIpc) is 3.06. The minimum atomic E-state index is -0.354. The number of para-hydroxylation sites is 1. The molecule has 0 saturated carbocycles. The predicted octanol–water partition coefficient (Wildman–Crippen LogP) is 4.93. The van der Waals surface area contributed by atoms with Crippen molar-refractivity contribution >= 4 is 39.0 Å². The van der Waals surface area contributed by atoms with Crippen molar-refractivity contribution in [3.8, 4) is 11.6 Å². The number of benzene rings is 2. The zero-order chi connectivity index (χ0) is 21.8. The van der Waals surface area contributed by atoms with Crippen LogP contribution in [0.5, 0.6) is 5.88 Å². The highest BCUT2D eigenvalue weighted by Crippen LogP contribution is 2.21. The number of rotatable bonds is 6. The van der Waals surface area contributed by atoms with E-state index in [-0.39, 0.29) is 12.5 Å². The van der Waals surface area contributed by atoms with E-state index in [0.717, 1.165) is 38.0 Å². The van der Waals surface area contributed by atoms with Gasteiger partial charge in [0.1, 0.15) is 0 Å². The van der Waals surface area contributed by atoms with Crippen LogP contribution in [-0.2, 0) is 4.79 Å². The highest BCUT2D eigenvalue weighted by Gasteiger charge is 2.10. The normalized spacial score (nSPS) is 11.2. The minimum Gasteiger partial charge on any atom is -0.467 e. The highest BCUT2D eigenvalue weighted by molar-refractivity contribution is 9.10. The summed E-state index contributed by atoms with van der Waals surface area (Å²) in [6, 6.07) is 21.5. The molecule has 0 spiro atoms. The van der Waals surface area contributed by atoms with Gasteiger partial charge in [0.15, 0.2) is 6.61 Å². The van der Waals surface area contributed by atoms with Gasteiger partial charge in [-0.15, -0.1) is 0 Å². The van der Waals surface area contributed by atoms with Crippen LogP contribution in [0.1, 0.15) is 17.0 Å². The van der Waals surface area contributed by atoms with Gasteiger partial charge >= 0.3 is 0 Å². The number of hydrogen-bond acceptors (Lipinski definition) is 4. The largest absolute Gasteiger partial charge is 0.467 e. The number of aromatic nitrogens is 2. The third-order valence-corrected chi connectivity index (χ3v) is 5.40. The van der Waals surface area contributed by atoms with Gasteiger partial charge in [-0.05, 0) is 56.3 Å². The molecule has 0 bridgehead atoms. The fraction of sp³-hybridized carbons (Fsp3) is 0.125. The van der Waals surface area contributed by atoms with Gasteiger partial charge in [-0.1, -0.05) is 34.1 Å². The number of amides is 1. The lowest BCUT2D eigenvalue weighted by atomic mass is 10.2. The van der Waals surface area contributed by atoms with Gasteiger partial charge < -0.3 is 9.30 Å². The van der Waals surface area contributed by atoms with Gasteiger partial charge in [0.2, 0.25) is 5.88 Å². The summed E-state index contributed by atoms with van der Waals surface area (Å²) in [5, 5.41) is 5.10. The average molecular weight is 477 g/mol. The van der Waals surface area contributed by atoms with Crippen LogP contribution in [0.2, 0.25) is 0 Å². The molecule has 0 radical (unpaired) electrons. The summed E-state index contributed by atoms with van der Waals surface area (Å²) in [6.07, 6.45) is 1.64. The van der Waals surface area contributed by atoms with Crippen molar-refractivity contribution < 1.29 is 9.53 Å². The van der Waals surface area contributed by atoms with Crippen LogP contribution in [-0.4, -0.2) is 28.3 Å². The Morgan fingerprint density at radius 1 is 1.13 bits per heavy atom. The van der Waals surface area contributed by atoms with Crippen LogP contribution < -0.4 is 10.2 Å². The van der Waals surface area contributed by atoms with E-state index in [0.29, 0.717) is 5.88 Å². The first kappa shape index (κ1) is 20.8. The fourth-order valence-corrected chi connectivity index (χ4v) is 3.64. The van der Waals surface area contributed by atoms with E-state index in [9.17, 15) is 4.79 Å². The van der Waals surface area contributed by atoms with Gasteiger partial charge in [-0.2, -0.15) is 5.10 Å². The number of halogens is 1. The Bertz CT molecular complexity index is 1260. The standard InChI is InChI=1S/C24H21BrN4O2/c1-16-13-19(17(2)29(16)21-10-8-20(25)9-11-21)14-26-28-23(30)15-31-24-12-7-18-5-3-4-6-22(18)27-24/h3-14H,15H2,1-2H3,(H,28,30)/b26-14-. The van der Waals surface area contributed by atoms with Crippen LogP contribution in [0.4, 0.5) is 0 Å². The van der Waals surface area contributed by atoms with Crippen LogP contribution in [0, 0.1) is 13.8 Å². The molecule has 4 rings (SSSR count). The Morgan fingerprint density at radius 3 is 2.71 bits per heavy atom. The molecule has 0 aliphatic heterocycles. The van der Waals surface area contributed by atoms with Gasteiger partial charge in [0, 0.05) is 38.6 Å². The summed E-state index contributed by atoms with van der Waals surface area (Å²) in [5.41, 5.74) is 7.44. The molecule has 1 N–H and O–H groups in total. The molecule has 0 unspecified atom stereocenters. The molecule has 0 aliphatic rings. The Kier molecular flexibility index (Phi) is 6.13. The SMILES string of the molecule is Cc1cc(/C=N\NC(=O)COc2ccc3ccccc3n2)c(C)n1-c1ccc(Br)cc1. The second-order valence-corrected chi connectivity index (χ2v) is 7.98. The maximum absolute atomic E-state index is 12.1. The zero-order valence-electron chi connectivity index (χ0n) is 17.2. The molecular weight excluding hydrogens is 456 g/mol. The van der Waals surface area contributed by atoms with Gasteiger partial charge in [-0.25, -0.2) is 10.4 Å². The monoisotopic (exact) mass is 476 g/mol. The number of nitrogens with one attached hydrogen (secondary N) is 1. The topological polar surface area (TPSA) is 68.5 Å². The van der Waals surface area contributed by atoms with Gasteiger partial charge in [0.05, 0.1) is 11.7 Å². The maximum atomic E-state index is 12.1. The first-order valence-corrected chi connectivity index (χ1v) is 10.6. The van der Waals surface area contributed by atoms with E-state index in [1.165, 1.54) is 0 Å². The molecule has 6 nitrogen and oxygen atoms in total. The van der Waals surface area contributed by atoms with Crippen molar-refractivity contribution in [3.63, 3.8) is 0 Å². The summed E-state index contributed by atoms with van der Waals surface area (Å²) in [5.74, 6) is 0.0452. The van der Waals surface area contributed by atoms with Crippen LogP contribution in [0.25, 0.3) is 16.6 Å². The first-order valence-electron chi connectivity index (χ1n) is 9.76. The lowest BCUT2D eigenvalue weighted by molar-refractivity contribution is -0.123. The number of nitrogens with zero attached hydrogens (tertiary/aromatic N) is 3. The first-order chi connectivity index (χ1) is 15.0. The van der Waals surface area contributed by atoms with E-state index in [1.54, 1.807) is 12.3 Å². The lowest BCUT2D eigenvalue weighted by Gasteiger charge is -2.09. The number of ether oxygens (including phenoxy) is 1. The molecule has 0 saturated heterocycles. The summed E-state index contributed by atoms with van der Waals surface area (Å²) >= 11 is 3.46. The lowest BCUT2D eigenvalue weighted by Crippen LogP contribution is -2.24. The van der Waals surface area contributed by atoms with Crippen LogP contribution in [0.3, 0.4) is 0 Å². The van der Waals surface area contributed by atoms with E-state index >= 15 is 0 Å². The molecule has 2 aromatic carbocycles. The zero-order valence-corrected chi connectivity index (χ0v) is 18.8. The number of pyridine rings is 1. The highest BCUT2D eigenvalue weighted by atomic mass is 79.9. The molecule has 2 aromatic heterocycles. The van der Waals surface area contributed by atoms with Crippen molar-refractivity contribution in [3.05, 3.63) is 88.2 Å². The molecule has 0 atom stereocenters. The predicted molar refractivity (Wildman–Crippen MR) is 126 cm³/mol. The number of carbonyl (C=O) groups excluding carboxylic acids is 1. The van der Waals surface area contributed by atoms with Crippen molar-refractivity contribution in [1.82, 2.24) is 15.0 Å². The van der Waals surface area contributed by atoms with E-state index in [2.05, 4.69) is 36.0 Å². The van der Waals surface area contributed by atoms with E-state index in [4.69, 9.17) is 4.74 Å². The number of hydrazone groups is 1. The summed E-state index contributed by atoms with van der Waals surface area (Å²) in [7, 11) is 0. The number of hydrogen-bond donors (Lipinski definition) is 1. The molecular formula is C24H21BrN4O2. The maximum Gasteiger partial charge on any atom is 0.278 e. The quantitative estimate of drug-likeness (QED) is 0.316. The number of fused-ring (bicyclic) bond motifs is 1. The number of aryl methyl sites for hydroxylation is 1. The third kappa shape index (κ3) is 4.83. The van der Waals surface area contributed by atoms with Crippen molar-refractivity contribution in [2.75, 3.05) is 6.61 Å². The van der Waals surface area contributed by atoms with Gasteiger partial charge in [0.25, 0.3) is 5.91 Å². The Morgan fingerprint density at radius 2 is 1.90 bits per heavy atom. The third-order valence-electron chi connectivity index (χ3n) is 4.87. The van der Waals surface area contributed by atoms with Gasteiger partial charge in [-0.3, -0.25) is 4.79 Å². The summed E-state index contributed by atoms with van der Waals surface area (Å²) in [6.45, 7) is 3.89. The molecule has 31 heavy (non-hydrogen) atoms. The molecule has 7 heteroatoms. The van der Waals surface area contributed by atoms with Crippen molar-refractivity contribution in [2.45, 2.75) is 13.8 Å². The number of carbonyl (C=O) groups is 1. The Hall–Kier alpha value is -3.45. The second kappa shape index (κ2) is 9.14. The Labute approximate surface area is 188 Å². The summed E-state index contributed by atoms with van der Waals surface area (Å²) in [4.78, 5) is 16.5. The van der Waals surface area contributed by atoms with E-state index < -0.39 is 0 Å². The Balaban J connectivity index is 1.37. The van der Waals surface area contributed by atoms with E-state index in [1.807, 2.05) is 74.5 Å². The molecule has 0 fully saturated rings. The smallest absolute Gasteiger partial charge is 0.278 e. The van der Waals surface area contributed by atoms with Crippen LogP contribution >= 0.6 is 15.9 Å². The second-order valence-electron chi connectivity index (χ2n) is 7.06. The molecule has 0 aliphatic carbocycles. The molecule has 1 amide bonds. The summed E-state index contributed by atoms with van der Waals surface area (Å²) < 4.78 is 8.66. The molecule has 4 aromatic rings. The van der Waals surface area contributed by atoms with Crippen molar-refractivity contribution in [1.29, 1.82) is 0 Å². The molecule has 156 valence electrons. The minimum absolute atomic E-state index is 0.166.